The number of rotatable bonds is 3. The maximum Gasteiger partial charge on any atom is 0.324 e. The molecular formula is C15H19N3O2S. The number of hydrogen-bond acceptors (Lipinski definition) is 4. The van der Waals surface area contributed by atoms with Crippen molar-refractivity contribution in [2.24, 2.45) is 0 Å². The fraction of sp³-hybridized carbons (Fsp3) is 0.467. The molecule has 0 bridgehead atoms. The van der Waals surface area contributed by atoms with Crippen molar-refractivity contribution < 1.29 is 9.53 Å². The minimum atomic E-state index is -0.396. The van der Waals surface area contributed by atoms with Crippen molar-refractivity contribution in [3.05, 3.63) is 24.3 Å². The Balaban J connectivity index is 2.08. The Kier molecular flexibility index (Phi) is 4.63. The van der Waals surface area contributed by atoms with Crippen molar-refractivity contribution in [3.8, 4) is 11.8 Å². The van der Waals surface area contributed by atoms with Crippen LogP contribution in [-0.4, -0.2) is 34.2 Å². The molecule has 1 aromatic rings. The topological polar surface area (TPSA) is 65.4 Å². The quantitative estimate of drug-likeness (QED) is 0.930. The Morgan fingerprint density at radius 3 is 2.76 bits per heavy atom. The van der Waals surface area contributed by atoms with Crippen LogP contribution < -0.4 is 10.1 Å². The molecule has 1 aliphatic heterocycles. The van der Waals surface area contributed by atoms with Crippen molar-refractivity contribution in [1.82, 2.24) is 4.90 Å². The molecule has 1 N–H and O–H groups in total. The zero-order valence-corrected chi connectivity index (χ0v) is 13.2. The SMILES string of the molecule is CCOc1ccc(NC(=O)N2C(C#N)CSC2(C)C)cc1. The third-order valence-electron chi connectivity index (χ3n) is 3.27. The first kappa shape index (κ1) is 15.5. The highest BCUT2D eigenvalue weighted by Gasteiger charge is 2.43. The maximum atomic E-state index is 12.4. The van der Waals surface area contributed by atoms with E-state index in [9.17, 15) is 10.1 Å². The van der Waals surface area contributed by atoms with Crippen LogP contribution in [0.25, 0.3) is 0 Å². The number of benzene rings is 1. The van der Waals surface area contributed by atoms with Crippen LogP contribution in [0.5, 0.6) is 5.75 Å². The van der Waals surface area contributed by atoms with E-state index in [0.29, 0.717) is 18.0 Å². The number of amides is 2. The first-order chi connectivity index (χ1) is 9.97. The van der Waals surface area contributed by atoms with E-state index in [-0.39, 0.29) is 10.9 Å². The number of carbonyl (C=O) groups excluding carboxylic acids is 1. The van der Waals surface area contributed by atoms with Gasteiger partial charge in [0, 0.05) is 11.4 Å². The molecule has 5 nitrogen and oxygen atoms in total. The van der Waals surface area contributed by atoms with Gasteiger partial charge < -0.3 is 10.1 Å². The lowest BCUT2D eigenvalue weighted by Crippen LogP contribution is -2.48. The molecule has 1 aliphatic rings. The van der Waals surface area contributed by atoms with Gasteiger partial charge in [0.1, 0.15) is 11.8 Å². The molecule has 6 heteroatoms. The zero-order chi connectivity index (χ0) is 15.5. The molecule has 21 heavy (non-hydrogen) atoms. The van der Waals surface area contributed by atoms with Gasteiger partial charge in [-0.2, -0.15) is 5.26 Å². The highest BCUT2D eigenvalue weighted by molar-refractivity contribution is 8.00. The van der Waals surface area contributed by atoms with E-state index in [2.05, 4.69) is 11.4 Å². The molecule has 112 valence electrons. The van der Waals surface area contributed by atoms with E-state index in [1.807, 2.05) is 32.9 Å². The fourth-order valence-electron chi connectivity index (χ4n) is 2.27. The molecule has 0 aliphatic carbocycles. The molecule has 1 heterocycles. The fourth-order valence-corrected chi connectivity index (χ4v) is 3.41. The van der Waals surface area contributed by atoms with Gasteiger partial charge in [-0.1, -0.05) is 0 Å². The van der Waals surface area contributed by atoms with Crippen molar-refractivity contribution in [3.63, 3.8) is 0 Å². The normalized spacial score (nSPS) is 19.9. The largest absolute Gasteiger partial charge is 0.494 e. The molecule has 0 radical (unpaired) electrons. The third kappa shape index (κ3) is 3.42. The van der Waals surface area contributed by atoms with Crippen molar-refractivity contribution in [2.45, 2.75) is 31.7 Å². The predicted molar refractivity (Wildman–Crippen MR) is 84.4 cm³/mol. The molecule has 1 saturated heterocycles. The van der Waals surface area contributed by atoms with Gasteiger partial charge in [-0.3, -0.25) is 4.90 Å². The first-order valence-corrected chi connectivity index (χ1v) is 7.83. The van der Waals surface area contributed by atoms with Gasteiger partial charge in [0.05, 0.1) is 17.5 Å². The van der Waals surface area contributed by atoms with Crippen molar-refractivity contribution in [2.75, 3.05) is 17.7 Å². The Morgan fingerprint density at radius 2 is 2.19 bits per heavy atom. The third-order valence-corrected chi connectivity index (χ3v) is 4.66. The Bertz CT molecular complexity index is 551. The van der Waals surface area contributed by atoms with Crippen LogP contribution in [0.4, 0.5) is 10.5 Å². The standard InChI is InChI=1S/C15H19N3O2S/c1-4-20-13-7-5-11(6-8-13)17-14(19)18-12(9-16)10-21-15(18,2)3/h5-8,12H,4,10H2,1-3H3,(H,17,19). The summed E-state index contributed by atoms with van der Waals surface area (Å²) in [7, 11) is 0. The van der Waals surface area contributed by atoms with Gasteiger partial charge >= 0.3 is 6.03 Å². The van der Waals surface area contributed by atoms with Gasteiger partial charge in [0.15, 0.2) is 0 Å². The van der Waals surface area contributed by atoms with Crippen molar-refractivity contribution in [1.29, 1.82) is 5.26 Å². The number of anilines is 1. The van der Waals surface area contributed by atoms with Crippen LogP contribution in [0.3, 0.4) is 0 Å². The number of thioether (sulfide) groups is 1. The molecule has 2 amide bonds. The summed E-state index contributed by atoms with van der Waals surface area (Å²) in [6, 6.07) is 8.75. The van der Waals surface area contributed by atoms with Crippen LogP contribution in [-0.2, 0) is 0 Å². The van der Waals surface area contributed by atoms with Crippen LogP contribution in [0.1, 0.15) is 20.8 Å². The van der Waals surface area contributed by atoms with Gasteiger partial charge in [-0.15, -0.1) is 11.8 Å². The van der Waals surface area contributed by atoms with Crippen LogP contribution in [0, 0.1) is 11.3 Å². The second-order valence-electron chi connectivity index (χ2n) is 5.16. The average Bonchev–Trinajstić information content (AvgIpc) is 2.76. The number of nitrogens with one attached hydrogen (secondary N) is 1. The van der Waals surface area contributed by atoms with E-state index >= 15 is 0 Å². The molecule has 0 spiro atoms. The molecule has 1 unspecified atom stereocenters. The highest BCUT2D eigenvalue weighted by atomic mass is 32.2. The molecule has 0 saturated carbocycles. The highest BCUT2D eigenvalue weighted by Crippen LogP contribution is 2.38. The minimum absolute atomic E-state index is 0.249. The number of ether oxygens (including phenoxy) is 1. The van der Waals surface area contributed by atoms with E-state index < -0.39 is 6.04 Å². The van der Waals surface area contributed by atoms with Gasteiger partial charge in [0.2, 0.25) is 0 Å². The van der Waals surface area contributed by atoms with E-state index in [1.54, 1.807) is 28.8 Å². The zero-order valence-electron chi connectivity index (χ0n) is 12.4. The number of hydrogen-bond donors (Lipinski definition) is 1. The molecule has 1 atom stereocenters. The van der Waals surface area contributed by atoms with E-state index in [1.165, 1.54) is 0 Å². The lowest BCUT2D eigenvalue weighted by molar-refractivity contribution is 0.185. The summed E-state index contributed by atoms with van der Waals surface area (Å²) in [5, 5.41) is 12.0. The number of carbonyl (C=O) groups is 1. The smallest absolute Gasteiger partial charge is 0.324 e. The van der Waals surface area contributed by atoms with Crippen LogP contribution >= 0.6 is 11.8 Å². The Hall–Kier alpha value is -1.87. The minimum Gasteiger partial charge on any atom is -0.494 e. The summed E-state index contributed by atoms with van der Waals surface area (Å²) >= 11 is 1.61. The summed E-state index contributed by atoms with van der Waals surface area (Å²) in [5.74, 6) is 1.41. The summed E-state index contributed by atoms with van der Waals surface area (Å²) in [6.45, 7) is 6.43. The monoisotopic (exact) mass is 305 g/mol. The number of nitriles is 1. The Labute approximate surface area is 129 Å². The van der Waals surface area contributed by atoms with E-state index in [0.717, 1.165) is 5.75 Å². The molecule has 1 fully saturated rings. The van der Waals surface area contributed by atoms with Gasteiger partial charge in [0.25, 0.3) is 0 Å². The molecule has 1 aromatic carbocycles. The van der Waals surface area contributed by atoms with Gasteiger partial charge in [-0.05, 0) is 45.0 Å². The molecular weight excluding hydrogens is 286 g/mol. The van der Waals surface area contributed by atoms with Crippen molar-refractivity contribution >= 4 is 23.5 Å². The second kappa shape index (κ2) is 6.27. The lowest BCUT2D eigenvalue weighted by Gasteiger charge is -2.32. The van der Waals surface area contributed by atoms with E-state index in [4.69, 9.17) is 4.74 Å². The number of nitrogens with zero attached hydrogens (tertiary/aromatic N) is 2. The molecule has 2 rings (SSSR count). The number of urea groups is 1. The summed E-state index contributed by atoms with van der Waals surface area (Å²) in [5.41, 5.74) is 0.688. The predicted octanol–water partition coefficient (Wildman–Crippen LogP) is 3.29. The Morgan fingerprint density at radius 1 is 1.52 bits per heavy atom. The maximum absolute atomic E-state index is 12.4. The van der Waals surface area contributed by atoms with Crippen LogP contribution in [0.15, 0.2) is 24.3 Å². The van der Waals surface area contributed by atoms with Crippen LogP contribution in [0.2, 0.25) is 0 Å². The first-order valence-electron chi connectivity index (χ1n) is 6.84. The second-order valence-corrected chi connectivity index (χ2v) is 6.78. The summed E-state index contributed by atoms with van der Waals surface area (Å²) in [6.07, 6.45) is 0. The molecule has 0 aromatic heterocycles. The average molecular weight is 305 g/mol. The lowest BCUT2D eigenvalue weighted by atomic mass is 10.2. The summed E-state index contributed by atoms with van der Waals surface area (Å²) < 4.78 is 5.36. The summed E-state index contributed by atoms with van der Waals surface area (Å²) in [4.78, 5) is 13.7. The van der Waals surface area contributed by atoms with Gasteiger partial charge in [-0.25, -0.2) is 4.79 Å².